The number of hydrogen-bond donors (Lipinski definition) is 2. The number of benzene rings is 1. The molecular formula is C17H21NO5S. The van der Waals surface area contributed by atoms with Gasteiger partial charge in [-0.05, 0) is 20.0 Å². The highest BCUT2D eigenvalue weighted by Gasteiger charge is 2.33. The molecule has 0 radical (unpaired) electrons. The number of β-amino-alcohol motifs (C(OH)–C–C–N with tert-alkyl or cyclic N) is 1. The summed E-state index contributed by atoms with van der Waals surface area (Å²) in [5, 5.41) is 11.1. The monoisotopic (exact) mass is 351 g/mol. The van der Waals surface area contributed by atoms with Gasteiger partial charge >= 0.3 is 0 Å². The average molecular weight is 351 g/mol. The zero-order chi connectivity index (χ0) is 17.4. The molecular weight excluding hydrogens is 330 g/mol. The van der Waals surface area contributed by atoms with E-state index in [1.807, 2.05) is 7.05 Å². The third kappa shape index (κ3) is 2.87. The van der Waals surface area contributed by atoms with Crippen LogP contribution in [-0.4, -0.2) is 50.5 Å². The Bertz CT molecular complexity index is 819. The van der Waals surface area contributed by atoms with Gasteiger partial charge in [-0.1, -0.05) is 0 Å². The number of ether oxygens (including phenoxy) is 2. The molecule has 2 heterocycles. The second-order valence-electron chi connectivity index (χ2n) is 6.07. The lowest BCUT2D eigenvalue weighted by Crippen LogP contribution is -2.40. The van der Waals surface area contributed by atoms with Gasteiger partial charge in [0.1, 0.15) is 22.5 Å². The minimum Gasteiger partial charge on any atom is -0.496 e. The molecule has 0 bridgehead atoms. The first-order valence-corrected chi connectivity index (χ1v) is 8.19. The molecule has 1 saturated heterocycles. The fourth-order valence-electron chi connectivity index (χ4n) is 3.39. The zero-order valence-corrected chi connectivity index (χ0v) is 14.8. The van der Waals surface area contributed by atoms with Crippen LogP contribution in [0.4, 0.5) is 0 Å². The molecule has 0 spiro atoms. The largest absolute Gasteiger partial charge is 0.496 e. The van der Waals surface area contributed by atoms with Crippen LogP contribution in [-0.2, 0) is 0 Å². The molecule has 2 atom stereocenters. The fourth-order valence-corrected chi connectivity index (χ4v) is 3.60. The van der Waals surface area contributed by atoms with Crippen molar-refractivity contribution in [2.24, 2.45) is 0 Å². The van der Waals surface area contributed by atoms with Crippen LogP contribution in [0.2, 0.25) is 0 Å². The van der Waals surface area contributed by atoms with Crippen molar-refractivity contribution < 1.29 is 19.0 Å². The van der Waals surface area contributed by atoms with Crippen molar-refractivity contribution in [2.75, 3.05) is 34.4 Å². The summed E-state index contributed by atoms with van der Waals surface area (Å²) in [6.07, 6.45) is 0.152. The second-order valence-corrected chi connectivity index (χ2v) is 6.51. The van der Waals surface area contributed by atoms with E-state index in [0.717, 1.165) is 13.0 Å². The Hall–Kier alpha value is -1.70. The Morgan fingerprint density at radius 1 is 1.29 bits per heavy atom. The van der Waals surface area contributed by atoms with Crippen molar-refractivity contribution in [1.82, 2.24) is 4.90 Å². The number of nitrogens with zero attached hydrogens (tertiary/aromatic N) is 1. The molecule has 1 aliphatic heterocycles. The molecule has 6 nitrogen and oxygen atoms in total. The van der Waals surface area contributed by atoms with E-state index >= 15 is 0 Å². The van der Waals surface area contributed by atoms with Crippen molar-refractivity contribution in [3.63, 3.8) is 0 Å². The number of piperidine rings is 1. The van der Waals surface area contributed by atoms with Crippen LogP contribution < -0.4 is 14.9 Å². The standard InChI is InChI=1S/C17H21NO5S/c1-18-5-4-9(11(20)8-18)15-12(21-2)7-13(22-3)16-10(19)6-14(24)23-17(15)16/h6-7,9,11,20,24H,4-5,8H2,1-3H3. The maximum Gasteiger partial charge on any atom is 0.197 e. The highest BCUT2D eigenvalue weighted by molar-refractivity contribution is 7.80. The molecule has 7 heteroatoms. The van der Waals surface area contributed by atoms with E-state index in [2.05, 4.69) is 17.5 Å². The lowest BCUT2D eigenvalue weighted by Gasteiger charge is -2.34. The molecule has 1 aromatic heterocycles. The zero-order valence-electron chi connectivity index (χ0n) is 13.9. The molecule has 1 aliphatic rings. The third-order valence-electron chi connectivity index (χ3n) is 4.55. The normalized spacial score (nSPS) is 21.9. The first-order chi connectivity index (χ1) is 11.5. The predicted molar refractivity (Wildman–Crippen MR) is 93.7 cm³/mol. The number of methoxy groups -OCH3 is 2. The van der Waals surface area contributed by atoms with Crippen LogP contribution in [0.15, 0.2) is 26.4 Å². The lowest BCUT2D eigenvalue weighted by molar-refractivity contribution is 0.0630. The van der Waals surface area contributed by atoms with Crippen LogP contribution in [0, 0.1) is 0 Å². The topological polar surface area (TPSA) is 72.1 Å². The molecule has 24 heavy (non-hydrogen) atoms. The van der Waals surface area contributed by atoms with Crippen LogP contribution in [0.25, 0.3) is 11.0 Å². The average Bonchev–Trinajstić information content (AvgIpc) is 2.53. The summed E-state index contributed by atoms with van der Waals surface area (Å²) in [7, 11) is 5.01. The highest BCUT2D eigenvalue weighted by atomic mass is 32.1. The summed E-state index contributed by atoms with van der Waals surface area (Å²) in [6.45, 7) is 1.38. The van der Waals surface area contributed by atoms with E-state index in [-0.39, 0.29) is 16.4 Å². The molecule has 130 valence electrons. The number of hydrogen-bond acceptors (Lipinski definition) is 7. The molecule has 3 rings (SSSR count). The second kappa shape index (κ2) is 6.66. The van der Waals surface area contributed by atoms with Gasteiger partial charge in [0.15, 0.2) is 10.5 Å². The van der Waals surface area contributed by atoms with Gasteiger partial charge in [0.05, 0.1) is 20.3 Å². The van der Waals surface area contributed by atoms with E-state index in [1.54, 1.807) is 13.2 Å². The van der Waals surface area contributed by atoms with Gasteiger partial charge in [0.25, 0.3) is 0 Å². The number of rotatable bonds is 3. The Balaban J connectivity index is 2.31. The van der Waals surface area contributed by atoms with Crippen molar-refractivity contribution in [3.8, 4) is 11.5 Å². The summed E-state index contributed by atoms with van der Waals surface area (Å²) in [5.74, 6) is 0.730. The van der Waals surface area contributed by atoms with E-state index in [9.17, 15) is 9.90 Å². The van der Waals surface area contributed by atoms with Gasteiger partial charge in [-0.25, -0.2) is 0 Å². The van der Waals surface area contributed by atoms with Crippen LogP contribution in [0.1, 0.15) is 17.9 Å². The maximum absolute atomic E-state index is 12.4. The third-order valence-corrected chi connectivity index (χ3v) is 4.77. The molecule has 0 saturated carbocycles. The van der Waals surface area contributed by atoms with Crippen LogP contribution in [0.3, 0.4) is 0 Å². The number of aliphatic hydroxyl groups excluding tert-OH is 1. The van der Waals surface area contributed by atoms with Crippen molar-refractivity contribution in [3.05, 3.63) is 27.9 Å². The van der Waals surface area contributed by atoms with Gasteiger partial charge < -0.3 is 23.9 Å². The number of likely N-dealkylation sites (N-methyl/N-ethyl adjacent to an activating group) is 1. The quantitative estimate of drug-likeness (QED) is 0.823. The molecule has 1 N–H and O–H groups in total. The minimum absolute atomic E-state index is 0.192. The molecule has 0 aliphatic carbocycles. The molecule has 2 aromatic rings. The van der Waals surface area contributed by atoms with Gasteiger partial charge in [-0.2, -0.15) is 0 Å². The molecule has 2 unspecified atom stereocenters. The molecule has 1 fully saturated rings. The van der Waals surface area contributed by atoms with E-state index in [0.29, 0.717) is 34.6 Å². The summed E-state index contributed by atoms with van der Waals surface area (Å²) in [4.78, 5) is 14.5. The van der Waals surface area contributed by atoms with Crippen molar-refractivity contribution in [2.45, 2.75) is 23.5 Å². The lowest BCUT2D eigenvalue weighted by atomic mass is 9.85. The smallest absolute Gasteiger partial charge is 0.197 e. The number of aliphatic hydroxyl groups is 1. The van der Waals surface area contributed by atoms with Crippen LogP contribution in [0.5, 0.6) is 11.5 Å². The summed E-state index contributed by atoms with van der Waals surface area (Å²) >= 11 is 4.19. The Kier molecular flexibility index (Phi) is 4.76. The van der Waals surface area contributed by atoms with Crippen molar-refractivity contribution in [1.29, 1.82) is 0 Å². The number of thiol groups is 1. The maximum atomic E-state index is 12.4. The fraction of sp³-hybridized carbons (Fsp3) is 0.471. The Morgan fingerprint density at radius 2 is 2.00 bits per heavy atom. The number of fused-ring (bicyclic) bond motifs is 1. The van der Waals surface area contributed by atoms with E-state index in [1.165, 1.54) is 13.2 Å². The molecule has 1 aromatic carbocycles. The summed E-state index contributed by atoms with van der Waals surface area (Å²) in [5.41, 5.74) is 0.837. The minimum atomic E-state index is -0.580. The first-order valence-electron chi connectivity index (χ1n) is 7.74. The predicted octanol–water partition coefficient (Wildman–Crippen LogP) is 1.88. The SMILES string of the molecule is COc1cc(OC)c2c(=O)cc(S)oc2c1C1CCN(C)CC1O. The summed E-state index contributed by atoms with van der Waals surface area (Å²) < 4.78 is 16.6. The highest BCUT2D eigenvalue weighted by Crippen LogP contribution is 2.42. The van der Waals surface area contributed by atoms with Gasteiger partial charge in [-0.3, -0.25) is 4.79 Å². The van der Waals surface area contributed by atoms with Gasteiger partial charge in [0.2, 0.25) is 0 Å². The Labute approximate surface area is 145 Å². The number of likely N-dealkylation sites (tertiary alicyclic amines) is 1. The van der Waals surface area contributed by atoms with Crippen molar-refractivity contribution >= 4 is 23.6 Å². The first kappa shape index (κ1) is 17.1. The molecule has 0 amide bonds. The van der Waals surface area contributed by atoms with Crippen LogP contribution >= 0.6 is 12.6 Å². The Morgan fingerprint density at radius 3 is 2.62 bits per heavy atom. The summed E-state index contributed by atoms with van der Waals surface area (Å²) in [6, 6.07) is 2.99. The van der Waals surface area contributed by atoms with Gasteiger partial charge in [-0.15, -0.1) is 12.6 Å². The van der Waals surface area contributed by atoms with Gasteiger partial charge in [0, 0.05) is 30.2 Å². The van der Waals surface area contributed by atoms with E-state index < -0.39 is 6.10 Å². The van der Waals surface area contributed by atoms with E-state index in [4.69, 9.17) is 13.9 Å².